The van der Waals surface area contributed by atoms with Gasteiger partial charge in [-0.3, -0.25) is 23.5 Å². The van der Waals surface area contributed by atoms with Gasteiger partial charge < -0.3 is 35.7 Å². The molecule has 0 aromatic carbocycles. The highest BCUT2D eigenvalue weighted by molar-refractivity contribution is 7.90. The summed E-state index contributed by atoms with van der Waals surface area (Å²) in [6, 6.07) is -1.59. The van der Waals surface area contributed by atoms with E-state index in [1.165, 1.54) is 10.8 Å². The van der Waals surface area contributed by atoms with Crippen LogP contribution in [-0.2, 0) is 44.0 Å². The average molecular weight is 859 g/mol. The SMILES string of the molecule is Cc1cn(C2OC(CO[Si](C)(C)C(C)(C)C)C3(OS(=O)(=O)C=C3N)C2O[Si](C)(C)C(C)(C)C)c(=O)n(CCCNC(=O)[C@H](CC(C)C)NC(=O)[C@@H](N)C(C)C)c1=O. The van der Waals surface area contributed by atoms with Crippen molar-refractivity contribution in [2.75, 3.05) is 13.2 Å². The Morgan fingerprint density at radius 1 is 1.00 bits per heavy atom. The van der Waals surface area contributed by atoms with E-state index in [2.05, 4.69) is 44.5 Å². The number of hydrogen-bond acceptors (Lipinski definition) is 12. The van der Waals surface area contributed by atoms with Gasteiger partial charge in [-0.25, -0.2) is 8.98 Å². The fourth-order valence-corrected chi connectivity index (χ4v) is 9.70. The molecule has 0 radical (unpaired) electrons. The molecule has 2 amide bonds. The van der Waals surface area contributed by atoms with Gasteiger partial charge in [0.05, 0.1) is 23.8 Å². The number of nitrogens with two attached hydrogens (primary N) is 2. The summed E-state index contributed by atoms with van der Waals surface area (Å²) in [4.78, 5) is 53.9. The zero-order chi connectivity index (χ0) is 43.9. The first kappa shape index (κ1) is 48.7. The van der Waals surface area contributed by atoms with Crippen LogP contribution in [0.2, 0.25) is 36.3 Å². The molecule has 16 nitrogen and oxygen atoms in total. The predicted molar refractivity (Wildman–Crippen MR) is 226 cm³/mol. The molecule has 3 heterocycles. The lowest BCUT2D eigenvalue weighted by Crippen LogP contribution is -2.59. The molecule has 1 spiro atoms. The molecule has 1 saturated heterocycles. The van der Waals surface area contributed by atoms with E-state index in [-0.39, 0.29) is 59.3 Å². The quantitative estimate of drug-likeness (QED) is 0.106. The molecular formula is C38H70N6O10SSi2. The number of amides is 2. The van der Waals surface area contributed by atoms with Gasteiger partial charge >= 0.3 is 5.69 Å². The van der Waals surface area contributed by atoms with Gasteiger partial charge in [0.15, 0.2) is 28.5 Å². The van der Waals surface area contributed by atoms with E-state index in [1.54, 1.807) is 6.92 Å². The monoisotopic (exact) mass is 858 g/mol. The van der Waals surface area contributed by atoms with Gasteiger partial charge in [0.2, 0.25) is 11.8 Å². The summed E-state index contributed by atoms with van der Waals surface area (Å²) in [6.07, 6.45) is -1.71. The van der Waals surface area contributed by atoms with Crippen molar-refractivity contribution >= 4 is 38.6 Å². The van der Waals surface area contributed by atoms with Gasteiger partial charge in [-0.1, -0.05) is 69.2 Å². The lowest BCUT2D eigenvalue weighted by Gasteiger charge is -2.43. The lowest BCUT2D eigenvalue weighted by atomic mass is 9.89. The minimum Gasteiger partial charge on any atom is -0.414 e. The summed E-state index contributed by atoms with van der Waals surface area (Å²) in [5, 5.41) is 5.88. The zero-order valence-electron chi connectivity index (χ0n) is 36.8. The molecule has 0 bridgehead atoms. The fraction of sp³-hybridized carbons (Fsp3) is 0.789. The minimum atomic E-state index is -4.30. The van der Waals surface area contributed by atoms with Crippen molar-refractivity contribution in [2.45, 2.75) is 168 Å². The number of nitrogens with one attached hydrogen (secondary N) is 2. The smallest absolute Gasteiger partial charge is 0.333 e. The zero-order valence-corrected chi connectivity index (χ0v) is 39.6. The molecule has 6 N–H and O–H groups in total. The van der Waals surface area contributed by atoms with E-state index in [0.29, 0.717) is 6.42 Å². The first-order valence-corrected chi connectivity index (χ1v) is 27.1. The third kappa shape index (κ3) is 10.8. The molecule has 0 saturated carbocycles. The highest BCUT2D eigenvalue weighted by Gasteiger charge is 2.67. The van der Waals surface area contributed by atoms with E-state index < -0.39 is 85.9 Å². The molecule has 2 aliphatic rings. The van der Waals surface area contributed by atoms with Crippen molar-refractivity contribution < 1.29 is 35.8 Å². The molecule has 4 unspecified atom stereocenters. The summed E-state index contributed by atoms with van der Waals surface area (Å²) in [5.74, 6) is -0.843. The van der Waals surface area contributed by atoms with Gasteiger partial charge in [0.25, 0.3) is 15.7 Å². The first-order valence-electron chi connectivity index (χ1n) is 19.9. The van der Waals surface area contributed by atoms with Crippen LogP contribution in [0.1, 0.15) is 93.9 Å². The summed E-state index contributed by atoms with van der Waals surface area (Å²) < 4.78 is 54.8. The summed E-state index contributed by atoms with van der Waals surface area (Å²) in [6.45, 7) is 29.4. The Bertz CT molecular complexity index is 1900. The predicted octanol–water partition coefficient (Wildman–Crippen LogP) is 3.55. The Labute approximate surface area is 341 Å². The van der Waals surface area contributed by atoms with Crippen LogP contribution in [0, 0.1) is 18.8 Å². The van der Waals surface area contributed by atoms with Crippen molar-refractivity contribution in [2.24, 2.45) is 23.3 Å². The summed E-state index contributed by atoms with van der Waals surface area (Å²) in [5.41, 5.74) is 9.55. The Morgan fingerprint density at radius 3 is 2.07 bits per heavy atom. The molecule has 1 aromatic heterocycles. The van der Waals surface area contributed by atoms with Crippen LogP contribution in [0.5, 0.6) is 0 Å². The highest BCUT2D eigenvalue weighted by atomic mass is 32.2. The molecule has 19 heteroatoms. The van der Waals surface area contributed by atoms with Gasteiger partial charge in [-0.15, -0.1) is 0 Å². The van der Waals surface area contributed by atoms with Crippen LogP contribution in [-0.4, -0.2) is 89.0 Å². The van der Waals surface area contributed by atoms with Crippen LogP contribution in [0.15, 0.2) is 26.9 Å². The maximum atomic E-state index is 14.4. The molecule has 6 atom stereocenters. The molecule has 1 fully saturated rings. The van der Waals surface area contributed by atoms with E-state index in [9.17, 15) is 27.6 Å². The van der Waals surface area contributed by atoms with Crippen molar-refractivity contribution in [3.8, 4) is 0 Å². The van der Waals surface area contributed by atoms with Crippen LogP contribution >= 0.6 is 0 Å². The number of carbonyl (C=O) groups excluding carboxylic acids is 2. The van der Waals surface area contributed by atoms with E-state index in [0.717, 1.165) is 9.98 Å². The van der Waals surface area contributed by atoms with Crippen LogP contribution in [0.4, 0.5) is 0 Å². The number of rotatable bonds is 16. The lowest BCUT2D eigenvalue weighted by molar-refractivity contribution is -0.130. The second kappa shape index (κ2) is 17.5. The fourth-order valence-electron chi connectivity index (χ4n) is 6.20. The van der Waals surface area contributed by atoms with Gasteiger partial charge in [0.1, 0.15) is 18.2 Å². The maximum Gasteiger partial charge on any atom is 0.333 e. The topological polar surface area (TPSA) is 225 Å². The van der Waals surface area contributed by atoms with Crippen LogP contribution in [0.25, 0.3) is 0 Å². The highest BCUT2D eigenvalue weighted by Crippen LogP contribution is 2.52. The molecule has 0 aliphatic carbocycles. The standard InChI is InChI=1S/C38H70N6O10SSi2/c1-23(2)19-26(42-32(46)29(40)24(3)4)31(45)41-17-16-18-43-33(47)25(5)20-44(35(43)48)34-30(53-57(14,15)37(9,10)11)38(27(39)22-55(49,50)54-38)28(52-34)21-51-56(12,13)36(6,7)8/h20,22-24,26,28-30,34H,16-19,21,39-40H2,1-15H3,(H,41,45)(H,42,46)/t26-,28?,29-,30?,34?,38?/m0/s1. The Kier molecular flexibility index (Phi) is 15.0. The maximum absolute atomic E-state index is 14.4. The molecular weight excluding hydrogens is 789 g/mol. The summed E-state index contributed by atoms with van der Waals surface area (Å²) >= 11 is 0. The third-order valence-corrected chi connectivity index (χ3v) is 21.9. The van der Waals surface area contributed by atoms with E-state index in [4.69, 9.17) is 29.2 Å². The number of nitrogens with zero attached hydrogens (tertiary/aromatic N) is 2. The molecule has 57 heavy (non-hydrogen) atoms. The molecule has 1 aromatic rings. The van der Waals surface area contributed by atoms with E-state index >= 15 is 0 Å². The third-order valence-electron chi connectivity index (χ3n) is 11.9. The first-order chi connectivity index (χ1) is 25.8. The van der Waals surface area contributed by atoms with E-state index in [1.807, 2.05) is 61.6 Å². The van der Waals surface area contributed by atoms with Crippen molar-refractivity contribution in [1.82, 2.24) is 19.8 Å². The van der Waals surface area contributed by atoms with Crippen LogP contribution < -0.4 is 33.3 Å². The average Bonchev–Trinajstić information content (AvgIpc) is 3.48. The number of aryl methyl sites for hydroxylation is 1. The summed E-state index contributed by atoms with van der Waals surface area (Å²) in [7, 11) is -9.53. The van der Waals surface area contributed by atoms with Crippen molar-refractivity contribution in [3.05, 3.63) is 43.7 Å². The Hall–Kier alpha value is -2.66. The number of aromatic nitrogens is 2. The van der Waals surface area contributed by atoms with Crippen LogP contribution in [0.3, 0.4) is 0 Å². The molecule has 2 aliphatic heterocycles. The second-order valence-electron chi connectivity index (χ2n) is 19.4. The van der Waals surface area contributed by atoms with Gasteiger partial charge in [-0.2, -0.15) is 8.42 Å². The molecule has 3 rings (SSSR count). The molecule has 326 valence electrons. The largest absolute Gasteiger partial charge is 0.414 e. The van der Waals surface area contributed by atoms with Gasteiger partial charge in [0, 0.05) is 24.8 Å². The van der Waals surface area contributed by atoms with Gasteiger partial charge in [-0.05, 0) is 67.9 Å². The number of ether oxygens (including phenoxy) is 1. The number of hydrogen-bond donors (Lipinski definition) is 4. The minimum absolute atomic E-state index is 0.0739. The van der Waals surface area contributed by atoms with Crippen molar-refractivity contribution in [1.29, 1.82) is 0 Å². The Morgan fingerprint density at radius 2 is 1.58 bits per heavy atom. The van der Waals surface area contributed by atoms with Crippen molar-refractivity contribution in [3.63, 3.8) is 0 Å². The number of carbonyl (C=O) groups is 2. The Balaban J connectivity index is 2.05. The normalized spacial score (nSPS) is 23.9. The second-order valence-corrected chi connectivity index (χ2v) is 30.3.